The van der Waals surface area contributed by atoms with Crippen molar-refractivity contribution >= 4 is 29.5 Å². The van der Waals surface area contributed by atoms with Crippen molar-refractivity contribution in [1.29, 1.82) is 0 Å². The van der Waals surface area contributed by atoms with Crippen LogP contribution in [0.25, 0.3) is 0 Å². The van der Waals surface area contributed by atoms with Gasteiger partial charge in [-0.25, -0.2) is 4.79 Å². The van der Waals surface area contributed by atoms with Crippen molar-refractivity contribution in [3.05, 3.63) is 0 Å². The lowest BCUT2D eigenvalue weighted by Gasteiger charge is -2.35. The molecule has 0 saturated carbocycles. The van der Waals surface area contributed by atoms with Crippen LogP contribution in [0.1, 0.15) is 33.6 Å². The molecule has 1 saturated heterocycles. The van der Waals surface area contributed by atoms with Crippen LogP contribution in [0.15, 0.2) is 0 Å². The second kappa shape index (κ2) is 9.10. The first-order valence-electron chi connectivity index (χ1n) is 6.86. The van der Waals surface area contributed by atoms with Crippen LogP contribution in [0.3, 0.4) is 0 Å². The van der Waals surface area contributed by atoms with Gasteiger partial charge in [-0.1, -0.05) is 0 Å². The molecular weight excluding hydrogens is 284 g/mol. The molecule has 6 heteroatoms. The molecule has 1 rings (SSSR count). The molecule has 0 aromatic rings. The fourth-order valence-corrected chi connectivity index (χ4v) is 5.01. The van der Waals surface area contributed by atoms with E-state index in [9.17, 15) is 4.79 Å². The zero-order valence-electron chi connectivity index (χ0n) is 12.0. The van der Waals surface area contributed by atoms with Crippen LogP contribution in [-0.2, 0) is 19.0 Å². The molecule has 4 nitrogen and oxygen atoms in total. The normalized spacial score (nSPS) is 18.5. The van der Waals surface area contributed by atoms with E-state index in [1.54, 1.807) is 23.5 Å². The van der Waals surface area contributed by atoms with E-state index >= 15 is 0 Å². The predicted octanol–water partition coefficient (Wildman–Crippen LogP) is 2.91. The van der Waals surface area contributed by atoms with E-state index in [0.717, 1.165) is 17.9 Å². The summed E-state index contributed by atoms with van der Waals surface area (Å²) in [6.07, 6.45) is 1.34. The van der Waals surface area contributed by atoms with Crippen molar-refractivity contribution in [2.45, 2.75) is 44.0 Å². The Labute approximate surface area is 124 Å². The minimum atomic E-state index is -0.566. The molecule has 0 bridgehead atoms. The van der Waals surface area contributed by atoms with Crippen LogP contribution in [0.5, 0.6) is 0 Å². The molecule has 112 valence electrons. The van der Waals surface area contributed by atoms with E-state index in [4.69, 9.17) is 14.2 Å². The van der Waals surface area contributed by atoms with Gasteiger partial charge in [0.15, 0.2) is 10.4 Å². The molecule has 0 aromatic heterocycles. The summed E-state index contributed by atoms with van der Waals surface area (Å²) >= 11 is 3.33. The van der Waals surface area contributed by atoms with Gasteiger partial charge in [0.1, 0.15) is 0 Å². The van der Waals surface area contributed by atoms with E-state index in [0.29, 0.717) is 26.2 Å². The summed E-state index contributed by atoms with van der Waals surface area (Å²) in [6.45, 7) is 7.29. The summed E-state index contributed by atoms with van der Waals surface area (Å²) in [7, 11) is 0. The summed E-state index contributed by atoms with van der Waals surface area (Å²) in [5.74, 6) is 1.82. The fraction of sp³-hybridized carbons (Fsp3) is 0.923. The lowest BCUT2D eigenvalue weighted by molar-refractivity contribution is -0.156. The summed E-state index contributed by atoms with van der Waals surface area (Å²) in [5.41, 5.74) is 0. The SMILES string of the molecule is CCOC(=O)C1(CC(OCC)OCC)SCCCS1. The van der Waals surface area contributed by atoms with Crippen LogP contribution >= 0.6 is 23.5 Å². The van der Waals surface area contributed by atoms with Gasteiger partial charge in [-0.3, -0.25) is 0 Å². The number of esters is 1. The summed E-state index contributed by atoms with van der Waals surface area (Å²) in [5, 5.41) is 0. The van der Waals surface area contributed by atoms with Crippen molar-refractivity contribution in [2.24, 2.45) is 0 Å². The maximum atomic E-state index is 12.3. The molecule has 0 N–H and O–H groups in total. The minimum absolute atomic E-state index is 0.144. The smallest absolute Gasteiger partial charge is 0.332 e. The quantitative estimate of drug-likeness (QED) is 0.507. The van der Waals surface area contributed by atoms with E-state index in [-0.39, 0.29) is 12.3 Å². The van der Waals surface area contributed by atoms with Gasteiger partial charge < -0.3 is 14.2 Å². The highest BCUT2D eigenvalue weighted by molar-refractivity contribution is 8.19. The molecule has 0 amide bonds. The molecule has 0 unspecified atom stereocenters. The number of hydrogen-bond donors (Lipinski definition) is 0. The standard InChI is InChI=1S/C13H24O4S2/c1-4-15-11(16-5-2)10-13(12(14)17-6-3)18-8-7-9-19-13/h11H,4-10H2,1-3H3. The van der Waals surface area contributed by atoms with Crippen LogP contribution in [0, 0.1) is 0 Å². The second-order valence-corrected chi connectivity index (χ2v) is 7.11. The Morgan fingerprint density at radius 1 is 1.11 bits per heavy atom. The topological polar surface area (TPSA) is 44.8 Å². The van der Waals surface area contributed by atoms with Gasteiger partial charge in [0.05, 0.1) is 6.61 Å². The molecule has 0 aromatic carbocycles. The molecule has 1 aliphatic heterocycles. The molecule has 0 atom stereocenters. The zero-order chi connectivity index (χ0) is 14.1. The first-order chi connectivity index (χ1) is 9.18. The van der Waals surface area contributed by atoms with Gasteiger partial charge in [-0.15, -0.1) is 23.5 Å². The van der Waals surface area contributed by atoms with Gasteiger partial charge in [0, 0.05) is 19.6 Å². The Kier molecular flexibility index (Phi) is 8.21. The Hall–Kier alpha value is 0.0900. The lowest BCUT2D eigenvalue weighted by Crippen LogP contribution is -2.41. The molecular formula is C13H24O4S2. The number of thioether (sulfide) groups is 2. The third-order valence-electron chi connectivity index (χ3n) is 2.69. The van der Waals surface area contributed by atoms with Crippen LogP contribution in [0.4, 0.5) is 0 Å². The highest BCUT2D eigenvalue weighted by Crippen LogP contribution is 2.46. The highest BCUT2D eigenvalue weighted by Gasteiger charge is 2.45. The van der Waals surface area contributed by atoms with Crippen LogP contribution in [-0.4, -0.2) is 47.7 Å². The molecule has 0 spiro atoms. The Morgan fingerprint density at radius 3 is 2.16 bits per heavy atom. The minimum Gasteiger partial charge on any atom is -0.464 e. The van der Waals surface area contributed by atoms with Gasteiger partial charge in [0.2, 0.25) is 0 Å². The Balaban J connectivity index is 2.74. The molecule has 1 heterocycles. The van der Waals surface area contributed by atoms with E-state index in [1.165, 1.54) is 0 Å². The second-order valence-electron chi connectivity index (χ2n) is 4.07. The summed E-state index contributed by atoms with van der Waals surface area (Å²) in [4.78, 5) is 12.3. The van der Waals surface area contributed by atoms with Crippen molar-refractivity contribution in [3.63, 3.8) is 0 Å². The molecule has 0 radical (unpaired) electrons. The number of carbonyl (C=O) groups is 1. The largest absolute Gasteiger partial charge is 0.464 e. The van der Waals surface area contributed by atoms with Gasteiger partial charge in [-0.05, 0) is 38.7 Å². The van der Waals surface area contributed by atoms with Gasteiger partial charge >= 0.3 is 5.97 Å². The van der Waals surface area contributed by atoms with Crippen molar-refractivity contribution in [2.75, 3.05) is 31.3 Å². The fourth-order valence-electron chi connectivity index (χ4n) is 1.89. The first kappa shape index (κ1) is 17.1. The molecule has 0 aliphatic carbocycles. The Bertz CT molecular complexity index is 261. The third kappa shape index (κ3) is 5.17. The van der Waals surface area contributed by atoms with Crippen LogP contribution < -0.4 is 0 Å². The maximum Gasteiger partial charge on any atom is 0.332 e. The molecule has 19 heavy (non-hydrogen) atoms. The lowest BCUT2D eigenvalue weighted by atomic mass is 10.3. The summed E-state index contributed by atoms with van der Waals surface area (Å²) in [6, 6.07) is 0. The average molecular weight is 308 g/mol. The van der Waals surface area contributed by atoms with E-state index < -0.39 is 4.08 Å². The summed E-state index contributed by atoms with van der Waals surface area (Å²) < 4.78 is 15.8. The van der Waals surface area contributed by atoms with Crippen molar-refractivity contribution in [1.82, 2.24) is 0 Å². The number of rotatable bonds is 8. The predicted molar refractivity (Wildman–Crippen MR) is 80.6 cm³/mol. The highest BCUT2D eigenvalue weighted by atomic mass is 32.2. The van der Waals surface area contributed by atoms with Crippen molar-refractivity contribution in [3.8, 4) is 0 Å². The monoisotopic (exact) mass is 308 g/mol. The average Bonchev–Trinajstić information content (AvgIpc) is 2.40. The molecule has 1 fully saturated rings. The first-order valence-corrected chi connectivity index (χ1v) is 8.84. The number of ether oxygens (including phenoxy) is 3. The van der Waals surface area contributed by atoms with Crippen LogP contribution in [0.2, 0.25) is 0 Å². The van der Waals surface area contributed by atoms with Gasteiger partial charge in [-0.2, -0.15) is 0 Å². The van der Waals surface area contributed by atoms with Crippen molar-refractivity contribution < 1.29 is 19.0 Å². The molecule has 1 aliphatic rings. The zero-order valence-corrected chi connectivity index (χ0v) is 13.6. The van der Waals surface area contributed by atoms with E-state index in [1.807, 2.05) is 20.8 Å². The van der Waals surface area contributed by atoms with Gasteiger partial charge in [0.25, 0.3) is 0 Å². The maximum absolute atomic E-state index is 12.3. The third-order valence-corrected chi connectivity index (χ3v) is 5.98. The number of carbonyl (C=O) groups excluding carboxylic acids is 1. The Morgan fingerprint density at radius 2 is 1.68 bits per heavy atom. The van der Waals surface area contributed by atoms with E-state index in [2.05, 4.69) is 0 Å². The number of hydrogen-bond acceptors (Lipinski definition) is 6.